The molecule has 22 heavy (non-hydrogen) atoms. The predicted octanol–water partition coefficient (Wildman–Crippen LogP) is 3.81. The van der Waals surface area contributed by atoms with Crippen LogP contribution in [0.3, 0.4) is 0 Å². The summed E-state index contributed by atoms with van der Waals surface area (Å²) in [6.45, 7) is 6.94. The van der Waals surface area contributed by atoms with Gasteiger partial charge in [0.25, 0.3) is 0 Å². The van der Waals surface area contributed by atoms with Crippen LogP contribution in [0.5, 0.6) is 5.75 Å². The number of carbonyl (C=O) groups excluding carboxylic acids is 1. The van der Waals surface area contributed by atoms with Crippen LogP contribution < -0.4 is 15.4 Å². The molecule has 0 aliphatic rings. The smallest absolute Gasteiger partial charge is 0.319 e. The number of amides is 2. The highest BCUT2D eigenvalue weighted by molar-refractivity contribution is 5.89. The van der Waals surface area contributed by atoms with Crippen molar-refractivity contribution in [1.82, 2.24) is 5.32 Å². The monoisotopic (exact) mass is 298 g/mol. The van der Waals surface area contributed by atoms with Crippen molar-refractivity contribution in [2.75, 3.05) is 18.5 Å². The molecule has 2 aromatic rings. The molecule has 0 bridgehead atoms. The molecule has 2 N–H and O–H groups in total. The maximum absolute atomic E-state index is 11.8. The second-order valence-electron chi connectivity index (χ2n) is 5.42. The van der Waals surface area contributed by atoms with Gasteiger partial charge < -0.3 is 15.4 Å². The maximum atomic E-state index is 11.8. The molecule has 116 valence electrons. The lowest BCUT2D eigenvalue weighted by molar-refractivity contribution is 0.247. The molecule has 0 radical (unpaired) electrons. The summed E-state index contributed by atoms with van der Waals surface area (Å²) in [5, 5.41) is 5.57. The number of rotatable bonds is 5. The van der Waals surface area contributed by atoms with Crippen molar-refractivity contribution in [2.24, 2.45) is 0 Å². The van der Waals surface area contributed by atoms with Gasteiger partial charge in [-0.3, -0.25) is 0 Å². The molecule has 0 heterocycles. The number of aryl methyl sites for hydroxylation is 3. The number of carbonyl (C=O) groups is 1. The highest BCUT2D eigenvalue weighted by atomic mass is 16.5. The van der Waals surface area contributed by atoms with Gasteiger partial charge in [0.15, 0.2) is 0 Å². The molecule has 2 rings (SSSR count). The summed E-state index contributed by atoms with van der Waals surface area (Å²) < 4.78 is 5.64. The molecule has 0 unspecified atom stereocenters. The Balaban J connectivity index is 1.73. The van der Waals surface area contributed by atoms with E-state index in [1.807, 2.05) is 57.2 Å². The number of anilines is 1. The van der Waals surface area contributed by atoms with Crippen molar-refractivity contribution in [3.8, 4) is 5.75 Å². The first-order valence-corrected chi connectivity index (χ1v) is 7.35. The highest BCUT2D eigenvalue weighted by Gasteiger charge is 2.02. The first-order valence-electron chi connectivity index (χ1n) is 7.35. The molecule has 2 amide bonds. The minimum Gasteiger partial charge on any atom is -0.492 e. The summed E-state index contributed by atoms with van der Waals surface area (Å²) >= 11 is 0. The van der Waals surface area contributed by atoms with Gasteiger partial charge >= 0.3 is 6.03 Å². The van der Waals surface area contributed by atoms with Crippen LogP contribution in [0.15, 0.2) is 42.5 Å². The average Bonchev–Trinajstić information content (AvgIpc) is 2.42. The van der Waals surface area contributed by atoms with Gasteiger partial charge in [-0.25, -0.2) is 4.79 Å². The number of benzene rings is 2. The Morgan fingerprint density at radius 1 is 1.00 bits per heavy atom. The molecule has 0 fully saturated rings. The topological polar surface area (TPSA) is 50.4 Å². The first-order chi connectivity index (χ1) is 10.5. The number of nitrogens with one attached hydrogen (secondary N) is 2. The second kappa shape index (κ2) is 7.50. The lowest BCUT2D eigenvalue weighted by Crippen LogP contribution is -2.32. The molecule has 0 aromatic heterocycles. The van der Waals surface area contributed by atoms with Crippen LogP contribution in [0.4, 0.5) is 10.5 Å². The molecular weight excluding hydrogens is 276 g/mol. The van der Waals surface area contributed by atoms with Crippen LogP contribution in [-0.2, 0) is 0 Å². The van der Waals surface area contributed by atoms with E-state index in [0.29, 0.717) is 13.2 Å². The minimum atomic E-state index is -0.227. The van der Waals surface area contributed by atoms with Gasteiger partial charge in [0, 0.05) is 5.69 Å². The van der Waals surface area contributed by atoms with E-state index in [0.717, 1.165) is 17.0 Å². The normalized spacial score (nSPS) is 10.1. The molecule has 0 aliphatic carbocycles. The van der Waals surface area contributed by atoms with Crippen molar-refractivity contribution in [2.45, 2.75) is 20.8 Å². The summed E-state index contributed by atoms with van der Waals surface area (Å²) in [6.07, 6.45) is 0. The zero-order valence-corrected chi connectivity index (χ0v) is 13.3. The quantitative estimate of drug-likeness (QED) is 0.825. The van der Waals surface area contributed by atoms with E-state index in [2.05, 4.69) is 16.7 Å². The Bertz CT molecular complexity index is 633. The van der Waals surface area contributed by atoms with Crippen LogP contribution in [0.25, 0.3) is 0 Å². The number of hydrogen-bond donors (Lipinski definition) is 2. The molecular formula is C18H22N2O2. The Labute approximate surface area is 131 Å². The molecule has 0 saturated heterocycles. The summed E-state index contributed by atoms with van der Waals surface area (Å²) in [7, 11) is 0. The lowest BCUT2D eigenvalue weighted by atomic mass is 10.1. The average molecular weight is 298 g/mol. The second-order valence-corrected chi connectivity index (χ2v) is 5.42. The lowest BCUT2D eigenvalue weighted by Gasteiger charge is -2.10. The molecule has 0 spiro atoms. The van der Waals surface area contributed by atoms with E-state index < -0.39 is 0 Å². The molecule has 4 heteroatoms. The van der Waals surface area contributed by atoms with Gasteiger partial charge in [0.1, 0.15) is 12.4 Å². The molecule has 2 aromatic carbocycles. The molecule has 0 atom stereocenters. The fraction of sp³-hybridized carbons (Fsp3) is 0.278. The molecule has 0 saturated carbocycles. The van der Waals surface area contributed by atoms with Gasteiger partial charge in [-0.1, -0.05) is 18.2 Å². The Morgan fingerprint density at radius 3 is 2.41 bits per heavy atom. The Hall–Kier alpha value is -2.49. The van der Waals surface area contributed by atoms with E-state index in [1.54, 1.807) is 0 Å². The van der Waals surface area contributed by atoms with E-state index >= 15 is 0 Å². The van der Waals surface area contributed by atoms with Crippen LogP contribution in [0.2, 0.25) is 0 Å². The van der Waals surface area contributed by atoms with Crippen LogP contribution in [-0.4, -0.2) is 19.2 Å². The van der Waals surface area contributed by atoms with Gasteiger partial charge in [0.2, 0.25) is 0 Å². The summed E-state index contributed by atoms with van der Waals surface area (Å²) in [6, 6.07) is 13.5. The summed E-state index contributed by atoms with van der Waals surface area (Å²) in [4.78, 5) is 11.8. The first kappa shape index (κ1) is 15.9. The van der Waals surface area contributed by atoms with Crippen molar-refractivity contribution in [1.29, 1.82) is 0 Å². The fourth-order valence-electron chi connectivity index (χ4n) is 2.25. The fourth-order valence-corrected chi connectivity index (χ4v) is 2.25. The largest absolute Gasteiger partial charge is 0.492 e. The zero-order valence-electron chi connectivity index (χ0n) is 13.3. The van der Waals surface area contributed by atoms with Gasteiger partial charge in [-0.15, -0.1) is 0 Å². The number of urea groups is 1. The van der Waals surface area contributed by atoms with Gasteiger partial charge in [-0.05, 0) is 61.7 Å². The Kier molecular flexibility index (Phi) is 5.42. The third-order valence-electron chi connectivity index (χ3n) is 3.13. The Morgan fingerprint density at radius 2 is 1.73 bits per heavy atom. The van der Waals surface area contributed by atoms with Crippen molar-refractivity contribution >= 4 is 11.7 Å². The maximum Gasteiger partial charge on any atom is 0.319 e. The third-order valence-corrected chi connectivity index (χ3v) is 3.13. The standard InChI is InChI=1S/C18H22N2O2/c1-13-5-4-6-16(10-13)20-18(21)19-7-8-22-17-11-14(2)9-15(3)12-17/h4-6,9-12H,7-8H2,1-3H3,(H2,19,20,21). The predicted molar refractivity (Wildman–Crippen MR) is 89.6 cm³/mol. The van der Waals surface area contributed by atoms with Gasteiger partial charge in [0.05, 0.1) is 6.54 Å². The van der Waals surface area contributed by atoms with E-state index in [9.17, 15) is 4.79 Å². The third kappa shape index (κ3) is 5.13. The van der Waals surface area contributed by atoms with E-state index in [1.165, 1.54) is 11.1 Å². The number of ether oxygens (including phenoxy) is 1. The van der Waals surface area contributed by atoms with Crippen LogP contribution >= 0.6 is 0 Å². The van der Waals surface area contributed by atoms with E-state index in [-0.39, 0.29) is 6.03 Å². The zero-order chi connectivity index (χ0) is 15.9. The van der Waals surface area contributed by atoms with Crippen molar-refractivity contribution in [3.05, 3.63) is 59.2 Å². The van der Waals surface area contributed by atoms with Crippen LogP contribution in [0.1, 0.15) is 16.7 Å². The minimum absolute atomic E-state index is 0.227. The van der Waals surface area contributed by atoms with Gasteiger partial charge in [-0.2, -0.15) is 0 Å². The van der Waals surface area contributed by atoms with Crippen molar-refractivity contribution < 1.29 is 9.53 Å². The van der Waals surface area contributed by atoms with Crippen molar-refractivity contribution in [3.63, 3.8) is 0 Å². The van der Waals surface area contributed by atoms with E-state index in [4.69, 9.17) is 4.74 Å². The number of hydrogen-bond acceptors (Lipinski definition) is 2. The highest BCUT2D eigenvalue weighted by Crippen LogP contribution is 2.15. The SMILES string of the molecule is Cc1cccc(NC(=O)NCCOc2cc(C)cc(C)c2)c1. The van der Waals surface area contributed by atoms with Crippen LogP contribution in [0, 0.1) is 20.8 Å². The summed E-state index contributed by atoms with van der Waals surface area (Å²) in [5.41, 5.74) is 4.23. The molecule has 4 nitrogen and oxygen atoms in total. The molecule has 0 aliphatic heterocycles. The summed E-state index contributed by atoms with van der Waals surface area (Å²) in [5.74, 6) is 0.832.